The highest BCUT2D eigenvalue weighted by Crippen LogP contribution is 2.44. The van der Waals surface area contributed by atoms with Gasteiger partial charge in [-0.1, -0.05) is 0 Å². The Hall–Kier alpha value is -2.74. The second-order valence-corrected chi connectivity index (χ2v) is 7.68. The summed E-state index contributed by atoms with van der Waals surface area (Å²) in [5.74, 6) is -6.48. The van der Waals surface area contributed by atoms with Gasteiger partial charge in [-0.3, -0.25) is 9.59 Å². The van der Waals surface area contributed by atoms with Gasteiger partial charge < -0.3 is 9.80 Å². The first-order valence-corrected chi connectivity index (χ1v) is 9.79. The van der Waals surface area contributed by atoms with E-state index in [-0.39, 0.29) is 23.9 Å². The van der Waals surface area contributed by atoms with E-state index in [2.05, 4.69) is 0 Å². The predicted molar refractivity (Wildman–Crippen MR) is 103 cm³/mol. The number of fused-ring (bicyclic) bond motifs is 1. The fourth-order valence-electron chi connectivity index (χ4n) is 4.12. The summed E-state index contributed by atoms with van der Waals surface area (Å²) in [6, 6.07) is 8.45. The second kappa shape index (κ2) is 7.83. The van der Waals surface area contributed by atoms with Crippen LogP contribution in [-0.4, -0.2) is 42.8 Å². The number of rotatable bonds is 5. The molecule has 0 spiro atoms. The van der Waals surface area contributed by atoms with Crippen molar-refractivity contribution in [3.8, 4) is 0 Å². The highest BCUT2D eigenvalue weighted by molar-refractivity contribution is 6.05. The zero-order valence-corrected chi connectivity index (χ0v) is 16.1. The van der Waals surface area contributed by atoms with Crippen molar-refractivity contribution in [1.29, 1.82) is 0 Å². The number of ketones is 1. The quantitative estimate of drug-likeness (QED) is 0.542. The third kappa shape index (κ3) is 3.71. The van der Waals surface area contributed by atoms with Crippen LogP contribution in [0.4, 0.5) is 23.2 Å². The lowest BCUT2D eigenvalue weighted by Crippen LogP contribution is -2.43. The molecule has 1 fully saturated rings. The van der Waals surface area contributed by atoms with Gasteiger partial charge in [0.25, 0.3) is 0 Å². The van der Waals surface area contributed by atoms with Crippen molar-refractivity contribution in [2.45, 2.75) is 18.8 Å². The molecule has 2 heterocycles. The van der Waals surface area contributed by atoms with Crippen molar-refractivity contribution in [3.63, 3.8) is 0 Å². The van der Waals surface area contributed by atoms with E-state index in [1.807, 2.05) is 4.90 Å². The number of carbonyl (C=O) groups excluding carboxylic acids is 2. The maximum Gasteiger partial charge on any atom is 0.352 e. The van der Waals surface area contributed by atoms with Gasteiger partial charge in [-0.2, -0.15) is 8.78 Å². The van der Waals surface area contributed by atoms with Crippen LogP contribution in [0.15, 0.2) is 42.5 Å². The first kappa shape index (κ1) is 20.5. The SMILES string of the molecule is O=C(c1ccc(F)cc1)C1CCN(CCN2C(=O)C(F)(F)c3cc(F)ccc32)CC1. The van der Waals surface area contributed by atoms with Crippen LogP contribution in [0.3, 0.4) is 0 Å². The molecule has 158 valence electrons. The monoisotopic (exact) mass is 420 g/mol. The van der Waals surface area contributed by atoms with Gasteiger partial charge in [-0.05, 0) is 68.4 Å². The first-order valence-electron chi connectivity index (χ1n) is 9.79. The maximum absolute atomic E-state index is 14.2. The minimum absolute atomic E-state index is 0.0278. The molecule has 0 atom stereocenters. The molecule has 0 N–H and O–H groups in total. The van der Waals surface area contributed by atoms with Gasteiger partial charge in [0.1, 0.15) is 11.6 Å². The zero-order chi connectivity index (χ0) is 21.5. The van der Waals surface area contributed by atoms with Crippen molar-refractivity contribution in [1.82, 2.24) is 4.90 Å². The summed E-state index contributed by atoms with van der Waals surface area (Å²) in [4.78, 5) is 27.7. The molecule has 0 unspecified atom stereocenters. The highest BCUT2D eigenvalue weighted by atomic mass is 19.3. The number of benzene rings is 2. The Kier molecular flexibility index (Phi) is 5.36. The molecule has 2 aliphatic heterocycles. The standard InChI is InChI=1S/C22H20F4N2O2/c23-16-3-1-14(2-4-16)20(29)15-7-9-27(10-8-15)11-12-28-19-6-5-17(24)13-18(19)22(25,26)21(28)30/h1-6,13,15H,7-12H2. The van der Waals surface area contributed by atoms with Crippen molar-refractivity contribution in [3.05, 3.63) is 65.2 Å². The maximum atomic E-state index is 14.2. The van der Waals surface area contributed by atoms with Crippen molar-refractivity contribution in [2.24, 2.45) is 5.92 Å². The van der Waals surface area contributed by atoms with Gasteiger partial charge in [0.05, 0.1) is 11.3 Å². The summed E-state index contributed by atoms with van der Waals surface area (Å²) in [5.41, 5.74) is -0.0903. The first-order chi connectivity index (χ1) is 14.3. The van der Waals surface area contributed by atoms with Gasteiger partial charge >= 0.3 is 11.8 Å². The summed E-state index contributed by atoms with van der Waals surface area (Å²) >= 11 is 0. The summed E-state index contributed by atoms with van der Waals surface area (Å²) < 4.78 is 54.8. The molecule has 30 heavy (non-hydrogen) atoms. The number of anilines is 1. The molecule has 1 amide bonds. The molecule has 0 bridgehead atoms. The number of alkyl halides is 2. The molecule has 2 aliphatic rings. The van der Waals surface area contributed by atoms with Crippen molar-refractivity contribution in [2.75, 3.05) is 31.1 Å². The van der Waals surface area contributed by atoms with Crippen LogP contribution in [-0.2, 0) is 10.7 Å². The summed E-state index contributed by atoms with van der Waals surface area (Å²) in [6.45, 7) is 1.61. The summed E-state index contributed by atoms with van der Waals surface area (Å²) in [7, 11) is 0. The Morgan fingerprint density at radius 3 is 2.27 bits per heavy atom. The van der Waals surface area contributed by atoms with Gasteiger partial charge in [-0.15, -0.1) is 0 Å². The normalized spacial score (nSPS) is 19.2. The van der Waals surface area contributed by atoms with Crippen LogP contribution in [0.1, 0.15) is 28.8 Å². The largest absolute Gasteiger partial charge is 0.352 e. The average molecular weight is 420 g/mol. The van der Waals surface area contributed by atoms with E-state index >= 15 is 0 Å². The Morgan fingerprint density at radius 2 is 1.60 bits per heavy atom. The van der Waals surface area contributed by atoms with E-state index < -0.39 is 29.0 Å². The number of piperidine rings is 1. The fourth-order valence-corrected chi connectivity index (χ4v) is 4.12. The minimum atomic E-state index is -3.73. The van der Waals surface area contributed by atoms with Crippen LogP contribution in [0, 0.1) is 17.6 Å². The average Bonchev–Trinajstić information content (AvgIpc) is 2.92. The molecule has 8 heteroatoms. The zero-order valence-electron chi connectivity index (χ0n) is 16.1. The minimum Gasteiger partial charge on any atom is -0.305 e. The van der Waals surface area contributed by atoms with Gasteiger partial charge in [-0.25, -0.2) is 8.78 Å². The molecule has 4 nitrogen and oxygen atoms in total. The number of amides is 1. The summed E-state index contributed by atoms with van der Waals surface area (Å²) in [5, 5.41) is 0. The molecule has 0 radical (unpaired) electrons. The van der Waals surface area contributed by atoms with Gasteiger partial charge in [0.15, 0.2) is 5.78 Å². The summed E-state index contributed by atoms with van der Waals surface area (Å²) in [6.07, 6.45) is 1.20. The van der Waals surface area contributed by atoms with Crippen molar-refractivity contribution < 1.29 is 27.2 Å². The Labute approximate surface area is 171 Å². The van der Waals surface area contributed by atoms with Crippen LogP contribution in [0.2, 0.25) is 0 Å². The number of Topliss-reactive ketones (excluding diaryl/α,β-unsaturated/α-hetero) is 1. The van der Waals surface area contributed by atoms with E-state index in [0.717, 1.165) is 11.0 Å². The lowest BCUT2D eigenvalue weighted by atomic mass is 9.89. The molecule has 4 rings (SSSR count). The molecule has 2 aromatic rings. The molecule has 0 aliphatic carbocycles. The Bertz CT molecular complexity index is 970. The van der Waals surface area contributed by atoms with E-state index in [9.17, 15) is 27.2 Å². The lowest BCUT2D eigenvalue weighted by molar-refractivity contribution is -0.141. The molecule has 0 aromatic heterocycles. The van der Waals surface area contributed by atoms with E-state index in [1.165, 1.54) is 30.3 Å². The number of halogens is 4. The number of hydrogen-bond donors (Lipinski definition) is 0. The van der Waals surface area contributed by atoms with E-state index in [4.69, 9.17) is 0 Å². The smallest absolute Gasteiger partial charge is 0.305 e. The van der Waals surface area contributed by atoms with Crippen LogP contribution >= 0.6 is 0 Å². The third-order valence-electron chi connectivity index (χ3n) is 5.83. The van der Waals surface area contributed by atoms with E-state index in [1.54, 1.807) is 0 Å². The van der Waals surface area contributed by atoms with E-state index in [0.29, 0.717) is 44.1 Å². The molecular weight excluding hydrogens is 400 g/mol. The number of carbonyl (C=O) groups is 2. The van der Waals surface area contributed by atoms with Crippen molar-refractivity contribution >= 4 is 17.4 Å². The van der Waals surface area contributed by atoms with Crippen LogP contribution < -0.4 is 4.90 Å². The fraction of sp³-hybridized carbons (Fsp3) is 0.364. The Morgan fingerprint density at radius 1 is 0.967 bits per heavy atom. The van der Waals surface area contributed by atoms with Crippen LogP contribution in [0.5, 0.6) is 0 Å². The number of likely N-dealkylation sites (tertiary alicyclic amines) is 1. The third-order valence-corrected chi connectivity index (χ3v) is 5.83. The molecular formula is C22H20F4N2O2. The number of hydrogen-bond acceptors (Lipinski definition) is 3. The topological polar surface area (TPSA) is 40.6 Å². The highest BCUT2D eigenvalue weighted by Gasteiger charge is 2.52. The predicted octanol–water partition coefficient (Wildman–Crippen LogP) is 4.00. The lowest BCUT2D eigenvalue weighted by Gasteiger charge is -2.32. The van der Waals surface area contributed by atoms with Crippen LogP contribution in [0.25, 0.3) is 0 Å². The molecule has 0 saturated carbocycles. The molecule has 2 aromatic carbocycles. The number of nitrogens with zero attached hydrogens (tertiary/aromatic N) is 2. The Balaban J connectivity index is 1.35. The van der Waals surface area contributed by atoms with Gasteiger partial charge in [0, 0.05) is 24.6 Å². The van der Waals surface area contributed by atoms with Gasteiger partial charge in [0.2, 0.25) is 0 Å². The second-order valence-electron chi connectivity index (χ2n) is 7.68. The molecule has 1 saturated heterocycles.